The Hall–Kier alpha value is -2.77. The molecule has 2 aromatic carbocycles. The van der Waals surface area contributed by atoms with Crippen LogP contribution in [-0.2, 0) is 16.6 Å². The molecule has 168 valence electrons. The molecular formula is C22H23ClFN5O2S. The maximum absolute atomic E-state index is 14.0. The Labute approximate surface area is 192 Å². The summed E-state index contributed by atoms with van der Waals surface area (Å²) in [5.41, 5.74) is 8.15. The molecule has 0 spiro atoms. The van der Waals surface area contributed by atoms with Crippen LogP contribution < -0.4 is 5.73 Å². The van der Waals surface area contributed by atoms with Crippen molar-refractivity contribution in [2.24, 2.45) is 5.73 Å². The van der Waals surface area contributed by atoms with E-state index in [1.54, 1.807) is 41.0 Å². The molecule has 1 aliphatic heterocycles. The fraction of sp³-hybridized carbons (Fsp3) is 0.273. The first-order chi connectivity index (χ1) is 14.9. The summed E-state index contributed by atoms with van der Waals surface area (Å²) < 4.78 is 43.1. The highest BCUT2D eigenvalue weighted by molar-refractivity contribution is 7.89. The lowest BCUT2D eigenvalue weighted by atomic mass is 10.0. The number of hydrogen-bond acceptors (Lipinski definition) is 5. The van der Waals surface area contributed by atoms with Crippen molar-refractivity contribution in [3.05, 3.63) is 60.2 Å². The molecule has 3 aromatic rings. The number of imidazole rings is 1. The van der Waals surface area contributed by atoms with E-state index in [9.17, 15) is 18.1 Å². The summed E-state index contributed by atoms with van der Waals surface area (Å²) in [6.45, 7) is 1.08. The van der Waals surface area contributed by atoms with Gasteiger partial charge in [-0.15, -0.1) is 12.4 Å². The van der Waals surface area contributed by atoms with E-state index in [0.717, 1.165) is 12.8 Å². The number of sulfonamides is 1. The maximum atomic E-state index is 14.0. The van der Waals surface area contributed by atoms with Gasteiger partial charge in [-0.2, -0.15) is 9.57 Å². The van der Waals surface area contributed by atoms with Crippen LogP contribution in [0.2, 0.25) is 0 Å². The average Bonchev–Trinajstić information content (AvgIpc) is 3.44. The third-order valence-electron chi connectivity index (χ3n) is 5.36. The van der Waals surface area contributed by atoms with Gasteiger partial charge < -0.3 is 10.3 Å². The monoisotopic (exact) mass is 475 g/mol. The van der Waals surface area contributed by atoms with Gasteiger partial charge in [0.1, 0.15) is 5.83 Å². The maximum Gasteiger partial charge on any atom is 0.243 e. The Morgan fingerprint density at radius 3 is 2.69 bits per heavy atom. The largest absolute Gasteiger partial charge is 0.327 e. The van der Waals surface area contributed by atoms with Crippen LogP contribution in [0, 0.1) is 11.3 Å². The molecule has 0 radical (unpaired) electrons. The van der Waals surface area contributed by atoms with Gasteiger partial charge in [-0.05, 0) is 48.7 Å². The predicted octanol–water partition coefficient (Wildman–Crippen LogP) is 3.59. The Bertz CT molecular complexity index is 1310. The molecule has 0 bridgehead atoms. The average molecular weight is 476 g/mol. The fourth-order valence-corrected chi connectivity index (χ4v) is 5.39. The van der Waals surface area contributed by atoms with Crippen molar-refractivity contribution in [3.63, 3.8) is 0 Å². The quantitative estimate of drug-likeness (QED) is 0.586. The summed E-state index contributed by atoms with van der Waals surface area (Å²) in [4.78, 5) is 4.63. The van der Waals surface area contributed by atoms with E-state index >= 15 is 0 Å². The van der Waals surface area contributed by atoms with Crippen molar-refractivity contribution < 1.29 is 12.8 Å². The highest BCUT2D eigenvalue weighted by atomic mass is 35.5. The molecule has 1 aliphatic rings. The van der Waals surface area contributed by atoms with Crippen LogP contribution in [0.4, 0.5) is 4.39 Å². The van der Waals surface area contributed by atoms with Crippen molar-refractivity contribution in [2.75, 3.05) is 19.6 Å². The number of halogens is 2. The first-order valence-corrected chi connectivity index (χ1v) is 11.4. The number of hydrogen-bond donors (Lipinski definition) is 1. The Morgan fingerprint density at radius 2 is 2.00 bits per heavy atom. The molecule has 0 unspecified atom stereocenters. The number of nitrogens with two attached hydrogens (primary N) is 1. The third kappa shape index (κ3) is 4.54. The lowest BCUT2D eigenvalue weighted by molar-refractivity contribution is 0.477. The number of allylic oxidation sites excluding steroid dienone is 1. The minimum Gasteiger partial charge on any atom is -0.327 e. The van der Waals surface area contributed by atoms with E-state index in [2.05, 4.69) is 11.1 Å². The zero-order valence-electron chi connectivity index (χ0n) is 17.2. The Kier molecular flexibility index (Phi) is 7.31. The number of benzene rings is 2. The molecule has 2 N–H and O–H groups in total. The zero-order valence-corrected chi connectivity index (χ0v) is 18.9. The summed E-state index contributed by atoms with van der Waals surface area (Å²) in [6.07, 6.45) is 4.50. The van der Waals surface area contributed by atoms with Crippen LogP contribution >= 0.6 is 12.4 Å². The van der Waals surface area contributed by atoms with Crippen LogP contribution in [0.1, 0.15) is 18.4 Å². The van der Waals surface area contributed by atoms with E-state index in [1.165, 1.54) is 16.7 Å². The van der Waals surface area contributed by atoms with Crippen LogP contribution in [0.3, 0.4) is 0 Å². The molecule has 0 amide bonds. The SMILES string of the molecule is Cl.N#Cc1cc(-c2cccc(S(=O)(=O)N3CCCC3)c2)c2ncn(CC(F)=CCN)c2c1. The fourth-order valence-electron chi connectivity index (χ4n) is 3.83. The van der Waals surface area contributed by atoms with Crippen LogP contribution in [0.15, 0.2) is 59.5 Å². The van der Waals surface area contributed by atoms with Crippen LogP contribution in [0.5, 0.6) is 0 Å². The van der Waals surface area contributed by atoms with Crippen molar-refractivity contribution in [1.29, 1.82) is 5.26 Å². The molecule has 1 fully saturated rings. The molecule has 7 nitrogen and oxygen atoms in total. The second-order valence-electron chi connectivity index (χ2n) is 7.40. The highest BCUT2D eigenvalue weighted by Gasteiger charge is 2.27. The van der Waals surface area contributed by atoms with Gasteiger partial charge in [0.05, 0.1) is 40.4 Å². The van der Waals surface area contributed by atoms with E-state index in [-0.39, 0.29) is 30.4 Å². The summed E-state index contributed by atoms with van der Waals surface area (Å²) in [7, 11) is -3.58. The number of aromatic nitrogens is 2. The first kappa shape index (κ1) is 23.9. The van der Waals surface area contributed by atoms with Gasteiger partial charge >= 0.3 is 0 Å². The lowest BCUT2D eigenvalue weighted by Crippen LogP contribution is -2.27. The van der Waals surface area contributed by atoms with Crippen LogP contribution in [0.25, 0.3) is 22.2 Å². The Morgan fingerprint density at radius 1 is 1.25 bits per heavy atom. The van der Waals surface area contributed by atoms with E-state index in [4.69, 9.17) is 5.73 Å². The van der Waals surface area contributed by atoms with Crippen molar-refractivity contribution in [1.82, 2.24) is 13.9 Å². The van der Waals surface area contributed by atoms with Crippen molar-refractivity contribution in [2.45, 2.75) is 24.3 Å². The summed E-state index contributed by atoms with van der Waals surface area (Å²) in [6, 6.07) is 12.1. The summed E-state index contributed by atoms with van der Waals surface area (Å²) >= 11 is 0. The molecule has 32 heavy (non-hydrogen) atoms. The number of rotatable bonds is 6. The topological polar surface area (TPSA) is 105 Å². The minimum absolute atomic E-state index is 0. The van der Waals surface area contributed by atoms with Crippen molar-refractivity contribution in [3.8, 4) is 17.2 Å². The van der Waals surface area contributed by atoms with E-state index in [1.807, 2.05) is 0 Å². The standard InChI is InChI=1S/C22H22FN5O2S.ClH/c23-18(6-7-24)14-27-15-26-22-20(10-16(13-25)11-21(22)27)17-4-3-5-19(12-17)31(29,30)28-8-1-2-9-28;/h3-6,10-12,15H,1-2,7-9,14,24H2;1H. The molecule has 10 heteroatoms. The first-order valence-electron chi connectivity index (χ1n) is 9.98. The van der Waals surface area contributed by atoms with Gasteiger partial charge in [-0.1, -0.05) is 12.1 Å². The zero-order chi connectivity index (χ0) is 22.0. The molecule has 0 atom stereocenters. The van der Waals surface area contributed by atoms with Gasteiger partial charge in [-0.25, -0.2) is 17.8 Å². The molecule has 0 saturated carbocycles. The number of nitrogens with zero attached hydrogens (tertiary/aromatic N) is 4. The van der Waals surface area contributed by atoms with E-state index < -0.39 is 15.9 Å². The summed E-state index contributed by atoms with van der Waals surface area (Å²) in [5, 5.41) is 9.51. The second-order valence-corrected chi connectivity index (χ2v) is 9.34. The highest BCUT2D eigenvalue weighted by Crippen LogP contribution is 2.32. The van der Waals surface area contributed by atoms with E-state index in [0.29, 0.717) is 40.8 Å². The van der Waals surface area contributed by atoms with Gasteiger partial charge in [0.2, 0.25) is 10.0 Å². The van der Waals surface area contributed by atoms with Gasteiger partial charge in [-0.3, -0.25) is 0 Å². The van der Waals surface area contributed by atoms with Crippen LogP contribution in [-0.4, -0.2) is 41.9 Å². The lowest BCUT2D eigenvalue weighted by Gasteiger charge is -2.16. The third-order valence-corrected chi connectivity index (χ3v) is 7.26. The normalized spacial score (nSPS) is 15.0. The molecule has 4 rings (SSSR count). The second kappa shape index (κ2) is 9.79. The van der Waals surface area contributed by atoms with Gasteiger partial charge in [0, 0.05) is 25.2 Å². The van der Waals surface area contributed by atoms with Gasteiger partial charge in [0.25, 0.3) is 0 Å². The molecular weight excluding hydrogens is 453 g/mol. The predicted molar refractivity (Wildman–Crippen MR) is 123 cm³/mol. The van der Waals surface area contributed by atoms with Crippen molar-refractivity contribution >= 4 is 33.5 Å². The molecule has 0 aliphatic carbocycles. The molecule has 2 heterocycles. The summed E-state index contributed by atoms with van der Waals surface area (Å²) in [5.74, 6) is -0.399. The minimum atomic E-state index is -3.58. The number of fused-ring (bicyclic) bond motifs is 1. The number of nitriles is 1. The van der Waals surface area contributed by atoms with Gasteiger partial charge in [0.15, 0.2) is 0 Å². The smallest absolute Gasteiger partial charge is 0.243 e. The molecule has 1 saturated heterocycles. The molecule has 1 aromatic heterocycles. The Balaban J connectivity index is 0.00000289.